The van der Waals surface area contributed by atoms with E-state index < -0.39 is 11.5 Å². The van der Waals surface area contributed by atoms with E-state index >= 15 is 0 Å². The van der Waals surface area contributed by atoms with Crippen molar-refractivity contribution < 1.29 is 19.1 Å². The number of ether oxygens (including phenoxy) is 1. The van der Waals surface area contributed by atoms with Crippen LogP contribution in [0.4, 0.5) is 4.79 Å². The summed E-state index contributed by atoms with van der Waals surface area (Å²) in [7, 11) is 0. The van der Waals surface area contributed by atoms with Gasteiger partial charge in [0.05, 0.1) is 0 Å². The first-order valence-corrected chi connectivity index (χ1v) is 10.1. The Bertz CT molecular complexity index is 684. The van der Waals surface area contributed by atoms with Crippen LogP contribution < -0.4 is 5.32 Å². The third kappa shape index (κ3) is 7.29. The van der Waals surface area contributed by atoms with Crippen LogP contribution in [0.3, 0.4) is 0 Å². The molecule has 2 saturated heterocycles. The summed E-state index contributed by atoms with van der Waals surface area (Å²) in [6, 6.07) is 1.94. The normalized spacial score (nSPS) is 17.9. The highest BCUT2D eigenvalue weighted by Crippen LogP contribution is 2.13. The molecule has 9 heteroatoms. The zero-order chi connectivity index (χ0) is 21.4. The lowest BCUT2D eigenvalue weighted by Gasteiger charge is -2.35. The van der Waals surface area contributed by atoms with E-state index in [1.54, 1.807) is 16.0 Å². The fourth-order valence-electron chi connectivity index (χ4n) is 3.19. The molecule has 9 nitrogen and oxygen atoms in total. The van der Waals surface area contributed by atoms with E-state index in [2.05, 4.69) is 5.32 Å². The number of carbonyl (C=O) groups excluding carboxylic acids is 3. The van der Waals surface area contributed by atoms with Crippen molar-refractivity contribution in [1.29, 1.82) is 5.26 Å². The highest BCUT2D eigenvalue weighted by Gasteiger charge is 2.25. The van der Waals surface area contributed by atoms with E-state index in [4.69, 9.17) is 4.74 Å². The number of hydrogen-bond donors (Lipinski definition) is 1. The molecule has 0 aromatic heterocycles. The zero-order valence-electron chi connectivity index (χ0n) is 17.6. The number of hydrogen-bond acceptors (Lipinski definition) is 6. The first-order valence-electron chi connectivity index (χ1n) is 10.1. The van der Waals surface area contributed by atoms with Gasteiger partial charge in [-0.2, -0.15) is 5.26 Å². The zero-order valence-corrected chi connectivity index (χ0v) is 17.6. The highest BCUT2D eigenvalue weighted by atomic mass is 16.6. The molecule has 0 aromatic rings. The van der Waals surface area contributed by atoms with E-state index in [1.165, 1.54) is 0 Å². The van der Waals surface area contributed by atoms with Crippen LogP contribution in [-0.2, 0) is 14.3 Å². The van der Waals surface area contributed by atoms with E-state index in [9.17, 15) is 19.6 Å². The van der Waals surface area contributed by atoms with Gasteiger partial charge in [-0.1, -0.05) is 0 Å². The van der Waals surface area contributed by atoms with E-state index in [0.717, 1.165) is 13.0 Å². The topological polar surface area (TPSA) is 106 Å². The smallest absolute Gasteiger partial charge is 0.410 e. The Morgan fingerprint density at radius 2 is 1.90 bits per heavy atom. The number of carbonyl (C=O) groups is 3. The van der Waals surface area contributed by atoms with Crippen molar-refractivity contribution in [3.63, 3.8) is 0 Å². The van der Waals surface area contributed by atoms with Crippen LogP contribution in [0.1, 0.15) is 40.0 Å². The van der Waals surface area contributed by atoms with Crippen LogP contribution in [0.2, 0.25) is 0 Å². The van der Waals surface area contributed by atoms with Crippen LogP contribution in [-0.4, -0.2) is 84.0 Å². The molecular formula is C20H31N5O4. The quantitative estimate of drug-likeness (QED) is 0.403. The summed E-state index contributed by atoms with van der Waals surface area (Å²) in [6.07, 6.45) is 3.36. The molecule has 1 N–H and O–H groups in total. The molecular weight excluding hydrogens is 374 g/mol. The lowest BCUT2D eigenvalue weighted by atomic mass is 10.2. The van der Waals surface area contributed by atoms with Gasteiger partial charge in [-0.15, -0.1) is 0 Å². The molecule has 3 amide bonds. The average Bonchev–Trinajstić information content (AvgIpc) is 3.07. The number of piperazine rings is 1. The monoisotopic (exact) mass is 405 g/mol. The molecule has 0 saturated carbocycles. The van der Waals surface area contributed by atoms with Crippen LogP contribution in [0.5, 0.6) is 0 Å². The van der Waals surface area contributed by atoms with Gasteiger partial charge in [-0.3, -0.25) is 9.59 Å². The average molecular weight is 405 g/mol. The van der Waals surface area contributed by atoms with Crippen LogP contribution in [0, 0.1) is 11.3 Å². The fraction of sp³-hybridized carbons (Fsp3) is 0.700. The summed E-state index contributed by atoms with van der Waals surface area (Å²) in [4.78, 5) is 41.2. The maximum absolute atomic E-state index is 12.2. The molecule has 0 radical (unpaired) electrons. The summed E-state index contributed by atoms with van der Waals surface area (Å²) < 4.78 is 5.36. The van der Waals surface area contributed by atoms with E-state index in [-0.39, 0.29) is 17.6 Å². The fourth-order valence-corrected chi connectivity index (χ4v) is 3.19. The molecule has 0 unspecified atom stereocenters. The third-order valence-corrected chi connectivity index (χ3v) is 4.70. The number of rotatable bonds is 6. The number of nitrogens with zero attached hydrogens (tertiary/aromatic N) is 4. The lowest BCUT2D eigenvalue weighted by molar-refractivity contribution is -0.127. The SMILES string of the molecule is CC(C)(C)OC(=O)N1CCN(/C=C(/C#N)C(=O)NCCCN2CCCC2=O)CC1. The van der Waals surface area contributed by atoms with Crippen LogP contribution in [0.15, 0.2) is 11.8 Å². The number of nitrogens with one attached hydrogen (secondary N) is 1. The van der Waals surface area contributed by atoms with Crippen molar-refractivity contribution in [3.05, 3.63) is 11.8 Å². The molecule has 29 heavy (non-hydrogen) atoms. The summed E-state index contributed by atoms with van der Waals surface area (Å²) in [6.45, 7) is 9.27. The maximum Gasteiger partial charge on any atom is 0.410 e. The molecule has 2 heterocycles. The van der Waals surface area contributed by atoms with Crippen molar-refractivity contribution in [2.45, 2.75) is 45.6 Å². The molecule has 2 fully saturated rings. The molecule has 2 rings (SSSR count). The van der Waals surface area contributed by atoms with Gasteiger partial charge < -0.3 is 24.8 Å². The summed E-state index contributed by atoms with van der Waals surface area (Å²) in [5, 5.41) is 12.1. The van der Waals surface area contributed by atoms with Crippen LogP contribution >= 0.6 is 0 Å². The van der Waals surface area contributed by atoms with Gasteiger partial charge in [0.15, 0.2) is 0 Å². The second-order valence-corrected chi connectivity index (χ2v) is 8.25. The lowest BCUT2D eigenvalue weighted by Crippen LogP contribution is -2.48. The predicted octanol–water partition coefficient (Wildman–Crippen LogP) is 1.08. The number of likely N-dealkylation sites (tertiary alicyclic amines) is 1. The second-order valence-electron chi connectivity index (χ2n) is 8.25. The Hall–Kier alpha value is -2.76. The minimum atomic E-state index is -0.539. The van der Waals surface area contributed by atoms with Gasteiger partial charge in [0.1, 0.15) is 17.2 Å². The van der Waals surface area contributed by atoms with Crippen molar-refractivity contribution in [1.82, 2.24) is 20.0 Å². The number of nitriles is 1. The van der Waals surface area contributed by atoms with E-state index in [0.29, 0.717) is 52.1 Å². The Morgan fingerprint density at radius 1 is 1.21 bits per heavy atom. The Labute approximate surface area is 172 Å². The van der Waals surface area contributed by atoms with Gasteiger partial charge in [0.2, 0.25) is 5.91 Å². The van der Waals surface area contributed by atoms with Crippen molar-refractivity contribution in [2.24, 2.45) is 0 Å². The summed E-state index contributed by atoms with van der Waals surface area (Å²) in [5.74, 6) is -0.255. The summed E-state index contributed by atoms with van der Waals surface area (Å²) >= 11 is 0. The molecule has 160 valence electrons. The molecule has 0 aromatic carbocycles. The second kappa shape index (κ2) is 10.1. The molecule has 0 aliphatic carbocycles. The van der Waals surface area contributed by atoms with Crippen molar-refractivity contribution in [2.75, 3.05) is 45.8 Å². The highest BCUT2D eigenvalue weighted by molar-refractivity contribution is 5.97. The van der Waals surface area contributed by atoms with Crippen LogP contribution in [0.25, 0.3) is 0 Å². The molecule has 0 bridgehead atoms. The Balaban J connectivity index is 1.74. The maximum atomic E-state index is 12.2. The minimum Gasteiger partial charge on any atom is -0.444 e. The van der Waals surface area contributed by atoms with Gasteiger partial charge >= 0.3 is 6.09 Å². The summed E-state index contributed by atoms with van der Waals surface area (Å²) in [5.41, 5.74) is -0.504. The van der Waals surface area contributed by atoms with Gasteiger partial charge in [-0.05, 0) is 33.6 Å². The molecule has 0 spiro atoms. The van der Waals surface area contributed by atoms with Gasteiger partial charge in [0.25, 0.3) is 5.91 Å². The van der Waals surface area contributed by atoms with Crippen molar-refractivity contribution >= 4 is 17.9 Å². The van der Waals surface area contributed by atoms with Gasteiger partial charge in [-0.25, -0.2) is 4.79 Å². The Kier molecular flexibility index (Phi) is 7.88. The standard InChI is InChI=1S/C20H31N5O4/c1-20(2,3)29-19(28)25-12-10-23(11-13-25)15-16(14-21)18(27)22-7-5-9-24-8-4-6-17(24)26/h15H,4-13H2,1-3H3,(H,22,27)/b16-15-. The minimum absolute atomic E-state index is 0.0352. The molecule has 2 aliphatic rings. The van der Waals surface area contributed by atoms with Crippen molar-refractivity contribution in [3.8, 4) is 6.07 Å². The first kappa shape index (κ1) is 22.5. The van der Waals surface area contributed by atoms with E-state index in [1.807, 2.05) is 31.7 Å². The predicted molar refractivity (Wildman–Crippen MR) is 107 cm³/mol. The largest absolute Gasteiger partial charge is 0.444 e. The molecule has 0 atom stereocenters. The number of amides is 3. The van der Waals surface area contributed by atoms with Gasteiger partial charge in [0, 0.05) is 58.4 Å². The first-order chi connectivity index (χ1) is 13.7. The third-order valence-electron chi connectivity index (χ3n) is 4.70. The molecule has 2 aliphatic heterocycles. The Morgan fingerprint density at radius 3 is 2.45 bits per heavy atom.